The van der Waals surface area contributed by atoms with E-state index in [9.17, 15) is 20.0 Å². The lowest BCUT2D eigenvalue weighted by atomic mass is 10.2. The summed E-state index contributed by atoms with van der Waals surface area (Å²) in [5, 5.41) is 31.9. The quantitative estimate of drug-likeness (QED) is 0.408. The molecule has 0 spiro atoms. The number of nitrogens with zero attached hydrogens (tertiary/aromatic N) is 1. The van der Waals surface area contributed by atoms with E-state index in [2.05, 4.69) is 5.32 Å². The van der Waals surface area contributed by atoms with Crippen molar-refractivity contribution in [3.8, 4) is 0 Å². The van der Waals surface area contributed by atoms with Crippen LogP contribution in [0.4, 0.5) is 5.69 Å². The molecule has 0 aliphatic rings. The zero-order valence-electron chi connectivity index (χ0n) is 10.1. The Morgan fingerprint density at radius 2 is 1.90 bits per heavy atom. The van der Waals surface area contributed by atoms with Gasteiger partial charge in [-0.2, -0.15) is 0 Å². The molecule has 0 saturated carbocycles. The van der Waals surface area contributed by atoms with Crippen molar-refractivity contribution in [3.63, 3.8) is 0 Å². The molecule has 0 aliphatic heterocycles. The molecule has 1 amide bonds. The van der Waals surface area contributed by atoms with Gasteiger partial charge in [0.15, 0.2) is 4.84 Å². The molecule has 0 saturated heterocycles. The Labute approximate surface area is 124 Å². The second kappa shape index (κ2) is 7.39. The molecule has 0 heterocycles. The Bertz CT molecular complexity index is 480. The summed E-state index contributed by atoms with van der Waals surface area (Å²) in [6.07, 6.45) is -1.25. The molecule has 1 aromatic carbocycles. The van der Waals surface area contributed by atoms with Crippen LogP contribution in [-0.4, -0.2) is 38.5 Å². The van der Waals surface area contributed by atoms with Gasteiger partial charge in [0.2, 0.25) is 0 Å². The van der Waals surface area contributed by atoms with Gasteiger partial charge in [0.1, 0.15) is 6.10 Å². The largest absolute Gasteiger partial charge is 0.394 e. The van der Waals surface area contributed by atoms with E-state index in [1.165, 1.54) is 24.3 Å². The number of hydrogen-bond acceptors (Lipinski definition) is 5. The first kappa shape index (κ1) is 16.6. The molecular weight excluding hydrogens is 317 g/mol. The number of alkyl halides is 2. The molecule has 0 aliphatic carbocycles. The highest BCUT2D eigenvalue weighted by Crippen LogP contribution is 2.20. The minimum atomic E-state index is -1.33. The van der Waals surface area contributed by atoms with E-state index in [4.69, 9.17) is 28.3 Å². The van der Waals surface area contributed by atoms with Crippen molar-refractivity contribution >= 4 is 34.8 Å². The normalized spacial score (nSPS) is 13.8. The van der Waals surface area contributed by atoms with Crippen molar-refractivity contribution in [2.24, 2.45) is 0 Å². The Balaban J connectivity index is 2.82. The maximum absolute atomic E-state index is 11.3. The lowest BCUT2D eigenvalue weighted by Gasteiger charge is -2.22. The molecule has 0 bridgehead atoms. The van der Waals surface area contributed by atoms with E-state index in [-0.39, 0.29) is 5.69 Å². The monoisotopic (exact) mass is 328 g/mol. The molecule has 20 heavy (non-hydrogen) atoms. The third-order valence-corrected chi connectivity index (χ3v) is 2.95. The van der Waals surface area contributed by atoms with Crippen LogP contribution < -0.4 is 5.32 Å². The van der Waals surface area contributed by atoms with Crippen LogP contribution in [0.5, 0.6) is 0 Å². The second-order valence-electron chi connectivity index (χ2n) is 3.89. The summed E-state index contributed by atoms with van der Waals surface area (Å²) in [5.41, 5.74) is 0.169. The summed E-state index contributed by atoms with van der Waals surface area (Å²) >= 11 is 10.7. The van der Waals surface area contributed by atoms with Gasteiger partial charge in [-0.15, -0.1) is 0 Å². The number of amides is 1. The molecular formula is C11H12Cl2N2O5. The lowest BCUT2D eigenvalue weighted by Crippen LogP contribution is -2.44. The highest BCUT2D eigenvalue weighted by molar-refractivity contribution is 6.53. The Morgan fingerprint density at radius 3 is 2.30 bits per heavy atom. The van der Waals surface area contributed by atoms with Crippen LogP contribution in [-0.2, 0) is 4.79 Å². The summed E-state index contributed by atoms with van der Waals surface area (Å²) in [6, 6.07) is 4.05. The first-order valence-corrected chi connectivity index (χ1v) is 6.36. The van der Waals surface area contributed by atoms with Crippen LogP contribution in [0.1, 0.15) is 11.7 Å². The van der Waals surface area contributed by atoms with Crippen molar-refractivity contribution in [1.82, 2.24) is 5.32 Å². The van der Waals surface area contributed by atoms with E-state index < -0.39 is 34.4 Å². The number of rotatable bonds is 6. The number of nitro benzene ring substituents is 1. The number of nitrogens with one attached hydrogen (secondary N) is 1. The first-order chi connectivity index (χ1) is 9.36. The smallest absolute Gasteiger partial charge is 0.269 e. The fourth-order valence-corrected chi connectivity index (χ4v) is 1.62. The highest BCUT2D eigenvalue weighted by atomic mass is 35.5. The zero-order chi connectivity index (χ0) is 15.3. The fourth-order valence-electron chi connectivity index (χ4n) is 1.50. The average Bonchev–Trinajstić information content (AvgIpc) is 2.43. The number of benzene rings is 1. The molecule has 0 radical (unpaired) electrons. The van der Waals surface area contributed by atoms with Gasteiger partial charge in [-0.25, -0.2) is 0 Å². The van der Waals surface area contributed by atoms with Crippen molar-refractivity contribution in [3.05, 3.63) is 39.9 Å². The number of carbonyl (C=O) groups is 1. The van der Waals surface area contributed by atoms with Gasteiger partial charge in [-0.1, -0.05) is 23.2 Å². The van der Waals surface area contributed by atoms with E-state index in [0.717, 1.165) is 0 Å². The number of hydrogen-bond donors (Lipinski definition) is 3. The summed E-state index contributed by atoms with van der Waals surface area (Å²) in [6.45, 7) is -0.551. The molecule has 9 heteroatoms. The van der Waals surface area contributed by atoms with Crippen LogP contribution in [0.2, 0.25) is 0 Å². The predicted molar refractivity (Wildman–Crippen MR) is 72.6 cm³/mol. The van der Waals surface area contributed by atoms with Gasteiger partial charge < -0.3 is 15.5 Å². The Morgan fingerprint density at radius 1 is 1.35 bits per heavy atom. The fraction of sp³-hybridized carbons (Fsp3) is 0.364. The molecule has 1 aromatic rings. The Kier molecular flexibility index (Phi) is 6.15. The van der Waals surface area contributed by atoms with Gasteiger partial charge in [0, 0.05) is 12.1 Å². The zero-order valence-corrected chi connectivity index (χ0v) is 11.6. The van der Waals surface area contributed by atoms with Gasteiger partial charge >= 0.3 is 0 Å². The van der Waals surface area contributed by atoms with Crippen LogP contribution in [0.25, 0.3) is 0 Å². The van der Waals surface area contributed by atoms with Crippen LogP contribution in [0.15, 0.2) is 24.3 Å². The number of halogens is 2. The number of non-ortho nitro benzene ring substituents is 1. The molecule has 0 aromatic heterocycles. The molecule has 0 fully saturated rings. The lowest BCUT2D eigenvalue weighted by molar-refractivity contribution is -0.384. The Hall–Kier alpha value is -1.41. The van der Waals surface area contributed by atoms with Gasteiger partial charge in [-0.05, 0) is 17.7 Å². The summed E-state index contributed by atoms with van der Waals surface area (Å²) in [5.74, 6) is -0.756. The minimum absolute atomic E-state index is 0.132. The van der Waals surface area contributed by atoms with E-state index in [0.29, 0.717) is 5.56 Å². The number of carbonyl (C=O) groups excluding carboxylic acids is 1. The summed E-state index contributed by atoms with van der Waals surface area (Å²) in [4.78, 5) is 19.9. The van der Waals surface area contributed by atoms with Crippen LogP contribution in [0.3, 0.4) is 0 Å². The second-order valence-corrected chi connectivity index (χ2v) is 4.99. The van der Waals surface area contributed by atoms with E-state index >= 15 is 0 Å². The summed E-state index contributed by atoms with van der Waals surface area (Å²) < 4.78 is 0. The third-order valence-electron chi connectivity index (χ3n) is 2.55. The molecule has 3 N–H and O–H groups in total. The first-order valence-electron chi connectivity index (χ1n) is 5.48. The van der Waals surface area contributed by atoms with Crippen molar-refractivity contribution in [2.45, 2.75) is 17.0 Å². The molecule has 0 unspecified atom stereocenters. The molecule has 7 nitrogen and oxygen atoms in total. The van der Waals surface area contributed by atoms with Gasteiger partial charge in [0.25, 0.3) is 11.6 Å². The van der Waals surface area contributed by atoms with Crippen LogP contribution in [0, 0.1) is 10.1 Å². The van der Waals surface area contributed by atoms with E-state index in [1.54, 1.807) is 0 Å². The van der Waals surface area contributed by atoms with Gasteiger partial charge in [0.05, 0.1) is 17.6 Å². The van der Waals surface area contributed by atoms with Crippen molar-refractivity contribution in [1.29, 1.82) is 0 Å². The van der Waals surface area contributed by atoms with Gasteiger partial charge in [-0.3, -0.25) is 14.9 Å². The molecule has 1 rings (SSSR count). The number of nitro groups is 1. The number of aliphatic hydroxyl groups excluding tert-OH is 2. The molecule has 110 valence electrons. The van der Waals surface area contributed by atoms with Crippen molar-refractivity contribution in [2.75, 3.05) is 6.61 Å². The predicted octanol–water partition coefficient (Wildman–Crippen LogP) is 0.909. The third kappa shape index (κ3) is 4.31. The standard InChI is InChI=1S/C11H12Cl2N2O5/c12-10(13)11(18)14-8(5-16)9(17)6-1-3-7(4-2-6)15(19)20/h1-4,8-10,16-17H,5H2,(H,14,18)/t8-,9-/m1/s1/i1+1,2+1,3+1,4+1,6+1,7+1. The molecule has 2 atom stereocenters. The minimum Gasteiger partial charge on any atom is -0.394 e. The average molecular weight is 329 g/mol. The number of aliphatic hydroxyl groups is 2. The topological polar surface area (TPSA) is 113 Å². The maximum Gasteiger partial charge on any atom is 0.269 e. The highest BCUT2D eigenvalue weighted by Gasteiger charge is 2.24. The maximum atomic E-state index is 11.3. The van der Waals surface area contributed by atoms with E-state index in [1.807, 2.05) is 0 Å². The van der Waals surface area contributed by atoms with Crippen LogP contribution >= 0.6 is 23.2 Å². The van der Waals surface area contributed by atoms with Crippen molar-refractivity contribution < 1.29 is 19.9 Å². The summed E-state index contributed by atoms with van der Waals surface area (Å²) in [7, 11) is 0. The SMILES string of the molecule is O=C(N[C@H](CO)[C@H](O)[13c]1[13cH][13cH][13c]([N+](=O)[O-])[13cH][13cH]1)C(Cl)Cl.